The van der Waals surface area contributed by atoms with Crippen LogP contribution in [0.2, 0.25) is 5.02 Å². The van der Waals surface area contributed by atoms with Crippen LogP contribution in [-0.4, -0.2) is 10.9 Å². The number of hydrogen-bond acceptors (Lipinski definition) is 2. The molecule has 0 atom stereocenters. The molecule has 1 aromatic carbocycles. The van der Waals surface area contributed by atoms with Gasteiger partial charge < -0.3 is 5.11 Å². The average molecular weight is 229 g/mol. The van der Waals surface area contributed by atoms with Crippen LogP contribution in [-0.2, 0) is 4.79 Å². The molecule has 0 heterocycles. The Bertz CT molecular complexity index is 413. The molecule has 0 aliphatic carbocycles. The zero-order valence-corrected chi connectivity index (χ0v) is 8.88. The van der Waals surface area contributed by atoms with E-state index in [0.29, 0.717) is 6.42 Å². The molecule has 15 heavy (non-hydrogen) atoms. The SMILES string of the molecule is CCC(=O)C=C(O)c1ccc(F)cc1Cl. The fourth-order valence-corrected chi connectivity index (χ4v) is 1.29. The molecule has 0 unspecified atom stereocenters. The molecule has 4 heteroatoms. The van der Waals surface area contributed by atoms with Crippen molar-refractivity contribution in [2.45, 2.75) is 13.3 Å². The number of aliphatic hydroxyl groups excluding tert-OH is 1. The number of aliphatic hydroxyl groups is 1. The quantitative estimate of drug-likeness (QED) is 0.636. The van der Waals surface area contributed by atoms with Gasteiger partial charge in [-0.15, -0.1) is 0 Å². The van der Waals surface area contributed by atoms with Gasteiger partial charge in [-0.3, -0.25) is 4.79 Å². The van der Waals surface area contributed by atoms with E-state index >= 15 is 0 Å². The number of halogens is 2. The average Bonchev–Trinajstić information content (AvgIpc) is 2.17. The lowest BCUT2D eigenvalue weighted by molar-refractivity contribution is -0.114. The summed E-state index contributed by atoms with van der Waals surface area (Å²) in [5.74, 6) is -0.946. The van der Waals surface area contributed by atoms with E-state index in [2.05, 4.69) is 0 Å². The Labute approximate surface area is 92.0 Å². The van der Waals surface area contributed by atoms with Crippen LogP contribution in [0.5, 0.6) is 0 Å². The molecule has 0 fully saturated rings. The number of ketones is 1. The Morgan fingerprint density at radius 3 is 2.80 bits per heavy atom. The molecule has 2 nitrogen and oxygen atoms in total. The van der Waals surface area contributed by atoms with Crippen molar-refractivity contribution in [3.05, 3.63) is 40.7 Å². The van der Waals surface area contributed by atoms with Crippen LogP contribution in [0.15, 0.2) is 24.3 Å². The molecule has 0 radical (unpaired) electrons. The van der Waals surface area contributed by atoms with Crippen molar-refractivity contribution in [3.63, 3.8) is 0 Å². The molecular formula is C11H10ClFO2. The zero-order chi connectivity index (χ0) is 11.4. The van der Waals surface area contributed by atoms with Gasteiger partial charge >= 0.3 is 0 Å². The third kappa shape index (κ3) is 3.06. The summed E-state index contributed by atoms with van der Waals surface area (Å²) in [6.07, 6.45) is 1.38. The van der Waals surface area contributed by atoms with Crippen molar-refractivity contribution in [2.24, 2.45) is 0 Å². The minimum absolute atomic E-state index is 0.0765. The second-order valence-corrected chi connectivity index (χ2v) is 3.38. The number of allylic oxidation sites excluding steroid dienone is 1. The summed E-state index contributed by atoms with van der Waals surface area (Å²) in [6, 6.07) is 3.57. The minimum atomic E-state index is -0.488. The topological polar surface area (TPSA) is 37.3 Å². The predicted octanol–water partition coefficient (Wildman–Crippen LogP) is 3.36. The van der Waals surface area contributed by atoms with Crippen LogP contribution in [0.25, 0.3) is 5.76 Å². The summed E-state index contributed by atoms with van der Waals surface area (Å²) in [5, 5.41) is 9.60. The lowest BCUT2D eigenvalue weighted by atomic mass is 10.1. The Balaban J connectivity index is 3.06. The number of rotatable bonds is 3. The van der Waals surface area contributed by atoms with E-state index in [-0.39, 0.29) is 22.1 Å². The first-order valence-electron chi connectivity index (χ1n) is 4.43. The molecule has 0 aliphatic heterocycles. The Hall–Kier alpha value is -1.35. The fraction of sp³-hybridized carbons (Fsp3) is 0.182. The number of hydrogen-bond donors (Lipinski definition) is 1. The van der Waals surface area contributed by atoms with E-state index in [1.54, 1.807) is 6.92 Å². The molecule has 1 rings (SSSR count). The van der Waals surface area contributed by atoms with E-state index in [1.165, 1.54) is 12.1 Å². The first-order valence-corrected chi connectivity index (χ1v) is 4.81. The molecule has 0 saturated heterocycles. The Morgan fingerprint density at radius 2 is 2.27 bits per heavy atom. The number of carbonyl (C=O) groups is 1. The molecule has 0 aromatic heterocycles. The second kappa shape index (κ2) is 4.94. The molecule has 80 valence electrons. The van der Waals surface area contributed by atoms with E-state index in [0.717, 1.165) is 12.1 Å². The molecule has 0 spiro atoms. The maximum atomic E-state index is 12.7. The summed E-state index contributed by atoms with van der Waals surface area (Å²) in [5.41, 5.74) is 0.250. The Kier molecular flexibility index (Phi) is 3.86. The van der Waals surface area contributed by atoms with Gasteiger partial charge in [0.25, 0.3) is 0 Å². The fourth-order valence-electron chi connectivity index (χ4n) is 1.03. The van der Waals surface area contributed by atoms with Gasteiger partial charge in [0.1, 0.15) is 11.6 Å². The standard InChI is InChI=1S/C11H10ClFO2/c1-2-8(14)6-11(15)9-4-3-7(13)5-10(9)12/h3-6,15H,2H2,1H3. The third-order valence-electron chi connectivity index (χ3n) is 1.85. The monoisotopic (exact) mass is 228 g/mol. The lowest BCUT2D eigenvalue weighted by Crippen LogP contribution is -1.93. The van der Waals surface area contributed by atoms with Crippen molar-refractivity contribution < 1.29 is 14.3 Å². The van der Waals surface area contributed by atoms with Crippen LogP contribution >= 0.6 is 11.6 Å². The third-order valence-corrected chi connectivity index (χ3v) is 2.17. The highest BCUT2D eigenvalue weighted by atomic mass is 35.5. The van der Waals surface area contributed by atoms with Gasteiger partial charge in [0.15, 0.2) is 5.78 Å². The highest BCUT2D eigenvalue weighted by molar-refractivity contribution is 6.32. The van der Waals surface area contributed by atoms with Gasteiger partial charge in [-0.2, -0.15) is 0 Å². The van der Waals surface area contributed by atoms with Crippen LogP contribution < -0.4 is 0 Å². The summed E-state index contributed by atoms with van der Waals surface area (Å²) in [7, 11) is 0. The van der Waals surface area contributed by atoms with Crippen molar-refractivity contribution in [3.8, 4) is 0 Å². The van der Waals surface area contributed by atoms with Crippen molar-refractivity contribution in [2.75, 3.05) is 0 Å². The second-order valence-electron chi connectivity index (χ2n) is 2.97. The zero-order valence-electron chi connectivity index (χ0n) is 8.13. The van der Waals surface area contributed by atoms with E-state index in [4.69, 9.17) is 11.6 Å². The van der Waals surface area contributed by atoms with Gasteiger partial charge in [-0.25, -0.2) is 4.39 Å². The van der Waals surface area contributed by atoms with Crippen LogP contribution in [0.1, 0.15) is 18.9 Å². The first-order chi connectivity index (χ1) is 7.04. The molecule has 0 amide bonds. The lowest BCUT2D eigenvalue weighted by Gasteiger charge is -2.02. The summed E-state index contributed by atoms with van der Waals surface area (Å²) in [4.78, 5) is 11.0. The summed E-state index contributed by atoms with van der Waals surface area (Å²) >= 11 is 5.70. The number of benzene rings is 1. The maximum Gasteiger partial charge on any atom is 0.159 e. The smallest absolute Gasteiger partial charge is 0.159 e. The van der Waals surface area contributed by atoms with E-state index < -0.39 is 5.82 Å². The Morgan fingerprint density at radius 1 is 1.60 bits per heavy atom. The van der Waals surface area contributed by atoms with E-state index in [9.17, 15) is 14.3 Å². The van der Waals surface area contributed by atoms with Crippen LogP contribution in [0, 0.1) is 5.82 Å². The van der Waals surface area contributed by atoms with E-state index in [1.807, 2.05) is 0 Å². The molecule has 1 N–H and O–H groups in total. The summed E-state index contributed by atoms with van der Waals surface area (Å²) < 4.78 is 12.7. The first kappa shape index (κ1) is 11.7. The normalized spacial score (nSPS) is 11.5. The molecule has 0 bridgehead atoms. The van der Waals surface area contributed by atoms with Gasteiger partial charge in [-0.05, 0) is 18.2 Å². The number of carbonyl (C=O) groups excluding carboxylic acids is 1. The highest BCUT2D eigenvalue weighted by Crippen LogP contribution is 2.23. The van der Waals surface area contributed by atoms with Gasteiger partial charge in [0.05, 0.1) is 5.02 Å². The molecular weight excluding hydrogens is 219 g/mol. The largest absolute Gasteiger partial charge is 0.507 e. The van der Waals surface area contributed by atoms with Crippen molar-refractivity contribution >= 4 is 23.1 Å². The predicted molar refractivity (Wildman–Crippen MR) is 57.3 cm³/mol. The molecule has 1 aromatic rings. The summed E-state index contributed by atoms with van der Waals surface area (Å²) in [6.45, 7) is 1.68. The molecule has 0 saturated carbocycles. The van der Waals surface area contributed by atoms with Gasteiger partial charge in [0.2, 0.25) is 0 Å². The van der Waals surface area contributed by atoms with Crippen LogP contribution in [0.3, 0.4) is 0 Å². The minimum Gasteiger partial charge on any atom is -0.507 e. The van der Waals surface area contributed by atoms with Crippen LogP contribution in [0.4, 0.5) is 4.39 Å². The maximum absolute atomic E-state index is 12.7. The van der Waals surface area contributed by atoms with Gasteiger partial charge in [0, 0.05) is 18.1 Å². The highest BCUT2D eigenvalue weighted by Gasteiger charge is 2.07. The van der Waals surface area contributed by atoms with Gasteiger partial charge in [-0.1, -0.05) is 18.5 Å². The molecule has 0 aliphatic rings. The van der Waals surface area contributed by atoms with Crippen molar-refractivity contribution in [1.82, 2.24) is 0 Å². The van der Waals surface area contributed by atoms with Crippen molar-refractivity contribution in [1.29, 1.82) is 0 Å².